The van der Waals surface area contributed by atoms with Crippen molar-refractivity contribution in [1.29, 1.82) is 0 Å². The molecule has 10 heteroatoms. The lowest BCUT2D eigenvalue weighted by molar-refractivity contribution is -0.115. The Balaban J connectivity index is 1.64. The maximum atomic E-state index is 13.0. The number of aromatic nitrogens is 3. The second-order valence-corrected chi connectivity index (χ2v) is 6.47. The molecule has 0 aliphatic heterocycles. The molecule has 0 bridgehead atoms. The van der Waals surface area contributed by atoms with Crippen molar-refractivity contribution in [1.82, 2.24) is 19.9 Å². The van der Waals surface area contributed by atoms with Crippen LogP contribution >= 0.6 is 11.3 Å². The predicted octanol–water partition coefficient (Wildman–Crippen LogP) is 3.08. The van der Waals surface area contributed by atoms with Gasteiger partial charge in [-0.25, -0.2) is 9.97 Å². The Hall–Kier alpha value is -3.14. The van der Waals surface area contributed by atoms with Gasteiger partial charge < -0.3 is 10.6 Å². The number of carbonyl (C=O) groups is 2. The largest absolute Gasteiger partial charge is 0.343 e. The number of anilines is 1. The van der Waals surface area contributed by atoms with Crippen LogP contribution in [0, 0.1) is 6.92 Å². The summed E-state index contributed by atoms with van der Waals surface area (Å²) in [6, 6.07) is 8.49. The lowest BCUT2D eigenvalue weighted by atomic mass is 10.2. The molecule has 2 heterocycles. The van der Waals surface area contributed by atoms with E-state index in [4.69, 9.17) is 0 Å². The quantitative estimate of drug-likeness (QED) is 0.676. The van der Waals surface area contributed by atoms with Gasteiger partial charge in [0.2, 0.25) is 5.91 Å². The second kappa shape index (κ2) is 8.04. The number of carbonyl (C=O) groups excluding carboxylic acids is 2. The van der Waals surface area contributed by atoms with Crippen LogP contribution in [0.25, 0.3) is 10.7 Å². The molecule has 0 atom stereocenters. The normalized spacial score (nSPS) is 10.8. The first kappa shape index (κ1) is 18.6. The summed E-state index contributed by atoms with van der Waals surface area (Å²) < 4.78 is 26.7. The number of rotatable bonds is 6. The number of hydrogen-bond acceptors (Lipinski definition) is 5. The molecule has 3 rings (SSSR count). The predicted molar refractivity (Wildman–Crippen MR) is 96.7 cm³/mol. The topological polar surface area (TPSA) is 88.9 Å². The molecule has 0 aliphatic carbocycles. The van der Waals surface area contributed by atoms with Crippen molar-refractivity contribution in [3.8, 4) is 10.7 Å². The molecule has 1 aromatic carbocycles. The van der Waals surface area contributed by atoms with Gasteiger partial charge in [-0.15, -0.1) is 0 Å². The average molecular weight is 391 g/mol. The molecule has 3 aromatic rings. The Morgan fingerprint density at radius 3 is 2.70 bits per heavy atom. The van der Waals surface area contributed by atoms with E-state index >= 15 is 0 Å². The van der Waals surface area contributed by atoms with Gasteiger partial charge >= 0.3 is 6.55 Å². The van der Waals surface area contributed by atoms with E-state index in [-0.39, 0.29) is 23.4 Å². The molecule has 0 fully saturated rings. The molecule has 140 valence electrons. The zero-order chi connectivity index (χ0) is 19.4. The molecule has 2 amide bonds. The van der Waals surface area contributed by atoms with Gasteiger partial charge in [-0.05, 0) is 19.1 Å². The van der Waals surface area contributed by atoms with E-state index in [1.54, 1.807) is 37.3 Å². The first-order valence-electron chi connectivity index (χ1n) is 7.87. The van der Waals surface area contributed by atoms with Gasteiger partial charge in [-0.1, -0.05) is 29.5 Å². The average Bonchev–Trinajstić information content (AvgIpc) is 3.26. The monoisotopic (exact) mass is 391 g/mol. The summed E-state index contributed by atoms with van der Waals surface area (Å²) in [6.07, 6.45) is 2.45. The molecule has 2 N–H and O–H groups in total. The summed E-state index contributed by atoms with van der Waals surface area (Å²) in [5.41, 5.74) is 0.910. The van der Waals surface area contributed by atoms with Crippen molar-refractivity contribution < 1.29 is 18.4 Å². The Morgan fingerprint density at radius 1 is 1.26 bits per heavy atom. The van der Waals surface area contributed by atoms with Crippen molar-refractivity contribution in [2.45, 2.75) is 13.5 Å². The number of alkyl halides is 2. The van der Waals surface area contributed by atoms with Crippen LogP contribution in [0.5, 0.6) is 0 Å². The number of aryl methyl sites for hydroxylation is 1. The zero-order valence-corrected chi connectivity index (χ0v) is 15.0. The Labute approximate surface area is 157 Å². The van der Waals surface area contributed by atoms with Crippen LogP contribution in [0.3, 0.4) is 0 Å². The van der Waals surface area contributed by atoms with Crippen molar-refractivity contribution in [3.05, 3.63) is 54.0 Å². The first-order valence-corrected chi connectivity index (χ1v) is 8.69. The fourth-order valence-corrected chi connectivity index (χ4v) is 3.30. The van der Waals surface area contributed by atoms with Crippen LogP contribution in [0.1, 0.15) is 22.6 Å². The van der Waals surface area contributed by atoms with Crippen molar-refractivity contribution >= 4 is 28.3 Å². The molecule has 0 saturated carbocycles. The minimum atomic E-state index is -2.73. The molecular weight excluding hydrogens is 376 g/mol. The molecule has 0 aliphatic rings. The number of nitrogens with zero attached hydrogens (tertiary/aromatic N) is 3. The van der Waals surface area contributed by atoms with Crippen LogP contribution in [-0.2, 0) is 4.79 Å². The number of benzene rings is 1. The Kier molecular flexibility index (Phi) is 5.55. The molecule has 7 nitrogen and oxygen atoms in total. The van der Waals surface area contributed by atoms with Gasteiger partial charge in [0.1, 0.15) is 0 Å². The molecule has 0 unspecified atom stereocenters. The fourth-order valence-electron chi connectivity index (χ4n) is 2.32. The third-order valence-corrected chi connectivity index (χ3v) is 4.64. The zero-order valence-electron chi connectivity index (χ0n) is 14.1. The maximum absolute atomic E-state index is 13.0. The highest BCUT2D eigenvalue weighted by molar-refractivity contribution is 7.19. The highest BCUT2D eigenvalue weighted by atomic mass is 32.1. The summed E-state index contributed by atoms with van der Waals surface area (Å²) in [7, 11) is 0. The van der Waals surface area contributed by atoms with E-state index in [1.165, 1.54) is 12.4 Å². The number of amides is 2. The van der Waals surface area contributed by atoms with Crippen LogP contribution in [0.4, 0.5) is 13.9 Å². The van der Waals surface area contributed by atoms with Gasteiger partial charge in [0.25, 0.3) is 5.91 Å². The summed E-state index contributed by atoms with van der Waals surface area (Å²) in [6.45, 7) is -1.33. The number of thiazole rings is 1. The van der Waals surface area contributed by atoms with Gasteiger partial charge in [-0.3, -0.25) is 14.2 Å². The second-order valence-electron chi connectivity index (χ2n) is 5.47. The van der Waals surface area contributed by atoms with E-state index in [0.29, 0.717) is 16.1 Å². The van der Waals surface area contributed by atoms with Gasteiger partial charge in [-0.2, -0.15) is 8.78 Å². The van der Waals surface area contributed by atoms with Crippen LogP contribution in [0.15, 0.2) is 42.7 Å². The van der Waals surface area contributed by atoms with Crippen molar-refractivity contribution in [2.24, 2.45) is 0 Å². The molecule has 0 saturated heterocycles. The standard InChI is InChI=1S/C17H15F2N5O2S/c1-10-13(14-20-7-8-24(14)16(18)19)27-17(22-10)23-12(25)9-21-15(26)11-5-3-2-4-6-11/h2-8,16H,9H2,1H3,(H,21,26)(H,22,23,25). The minimum absolute atomic E-state index is 0.0814. The molecule has 2 aromatic heterocycles. The first-order chi connectivity index (χ1) is 13.0. The van der Waals surface area contributed by atoms with E-state index in [0.717, 1.165) is 15.9 Å². The summed E-state index contributed by atoms with van der Waals surface area (Å²) in [4.78, 5) is 32.5. The van der Waals surface area contributed by atoms with Gasteiger partial charge in [0.15, 0.2) is 11.0 Å². The number of nitrogens with one attached hydrogen (secondary N) is 2. The smallest absolute Gasteiger partial charge is 0.320 e. The lowest BCUT2D eigenvalue weighted by Crippen LogP contribution is -2.32. The fraction of sp³-hybridized carbons (Fsp3) is 0.176. The van der Waals surface area contributed by atoms with Crippen LogP contribution in [0.2, 0.25) is 0 Å². The highest BCUT2D eigenvalue weighted by Crippen LogP contribution is 2.33. The molecule has 0 radical (unpaired) electrons. The van der Waals surface area contributed by atoms with Crippen molar-refractivity contribution in [2.75, 3.05) is 11.9 Å². The van der Waals surface area contributed by atoms with Gasteiger partial charge in [0, 0.05) is 18.0 Å². The van der Waals surface area contributed by atoms with Gasteiger partial charge in [0.05, 0.1) is 17.1 Å². The highest BCUT2D eigenvalue weighted by Gasteiger charge is 2.19. The van der Waals surface area contributed by atoms with Crippen LogP contribution < -0.4 is 10.6 Å². The van der Waals surface area contributed by atoms with E-state index in [2.05, 4.69) is 20.6 Å². The third kappa shape index (κ3) is 4.34. The Bertz CT molecular complexity index is 955. The minimum Gasteiger partial charge on any atom is -0.343 e. The SMILES string of the molecule is Cc1nc(NC(=O)CNC(=O)c2ccccc2)sc1-c1nccn1C(F)F. The molecule has 0 spiro atoms. The van der Waals surface area contributed by atoms with E-state index in [9.17, 15) is 18.4 Å². The third-order valence-electron chi connectivity index (χ3n) is 3.57. The van der Waals surface area contributed by atoms with E-state index < -0.39 is 12.5 Å². The summed E-state index contributed by atoms with van der Waals surface area (Å²) in [5.74, 6) is -0.768. The number of hydrogen-bond donors (Lipinski definition) is 2. The lowest BCUT2D eigenvalue weighted by Gasteiger charge is -2.05. The maximum Gasteiger partial charge on any atom is 0.320 e. The molecular formula is C17H15F2N5O2S. The summed E-state index contributed by atoms with van der Waals surface area (Å²) in [5, 5.41) is 5.29. The number of imidazole rings is 1. The van der Waals surface area contributed by atoms with E-state index in [1.807, 2.05) is 0 Å². The number of halogens is 2. The summed E-state index contributed by atoms with van der Waals surface area (Å²) >= 11 is 1.04. The molecule has 27 heavy (non-hydrogen) atoms. The van der Waals surface area contributed by atoms with Crippen molar-refractivity contribution in [3.63, 3.8) is 0 Å². The Morgan fingerprint density at radius 2 is 2.00 bits per heavy atom. The van der Waals surface area contributed by atoms with Crippen LogP contribution in [-0.4, -0.2) is 32.9 Å².